The molecular formula is C20H20N2O7. The molecule has 1 amide bonds. The highest BCUT2D eigenvalue weighted by molar-refractivity contribution is 6.06. The predicted octanol–water partition coefficient (Wildman–Crippen LogP) is 2.16. The molecule has 0 saturated heterocycles. The normalized spacial score (nSPS) is 15.2. The van der Waals surface area contributed by atoms with Crippen molar-refractivity contribution in [1.82, 2.24) is 0 Å². The summed E-state index contributed by atoms with van der Waals surface area (Å²) < 4.78 is 5.62. The van der Waals surface area contributed by atoms with E-state index >= 15 is 0 Å². The summed E-state index contributed by atoms with van der Waals surface area (Å²) in [5.41, 5.74) is 1.08. The van der Waals surface area contributed by atoms with Crippen LogP contribution in [0.15, 0.2) is 42.5 Å². The van der Waals surface area contributed by atoms with Gasteiger partial charge in [0.05, 0.1) is 17.9 Å². The van der Waals surface area contributed by atoms with E-state index in [4.69, 9.17) is 9.84 Å². The van der Waals surface area contributed by atoms with Gasteiger partial charge in [-0.3, -0.25) is 9.59 Å². The fourth-order valence-corrected chi connectivity index (χ4v) is 3.08. The lowest BCUT2D eigenvalue weighted by atomic mass is 10.1. The van der Waals surface area contributed by atoms with E-state index < -0.39 is 23.9 Å². The van der Waals surface area contributed by atoms with Crippen LogP contribution in [-0.2, 0) is 9.59 Å². The molecule has 0 bridgehead atoms. The topological polar surface area (TPSA) is 136 Å². The lowest BCUT2D eigenvalue weighted by Gasteiger charge is -2.35. The molecule has 29 heavy (non-hydrogen) atoms. The minimum absolute atomic E-state index is 0.0433. The molecule has 9 nitrogen and oxygen atoms in total. The van der Waals surface area contributed by atoms with Gasteiger partial charge in [-0.1, -0.05) is 12.1 Å². The number of phenolic OH excluding ortho intramolecular Hbond substituents is 1. The highest BCUT2D eigenvalue weighted by Crippen LogP contribution is 2.40. The summed E-state index contributed by atoms with van der Waals surface area (Å²) in [7, 11) is 0. The Labute approximate surface area is 166 Å². The molecule has 1 heterocycles. The number of amides is 1. The molecule has 2 aromatic carbocycles. The number of nitrogens with one attached hydrogen (secondary N) is 1. The zero-order chi connectivity index (χ0) is 21.0. The van der Waals surface area contributed by atoms with Crippen molar-refractivity contribution in [2.45, 2.75) is 18.9 Å². The fraction of sp³-hybridized carbons (Fsp3) is 0.250. The average molecular weight is 400 g/mol. The summed E-state index contributed by atoms with van der Waals surface area (Å²) in [5.74, 6) is -2.43. The third-order valence-corrected chi connectivity index (χ3v) is 4.43. The molecule has 1 aliphatic heterocycles. The molecule has 4 N–H and O–H groups in total. The number of para-hydroxylation sites is 1. The monoisotopic (exact) mass is 400 g/mol. The maximum absolute atomic E-state index is 12.5. The van der Waals surface area contributed by atoms with Crippen LogP contribution in [0, 0.1) is 0 Å². The largest absolute Gasteiger partial charge is 0.508 e. The van der Waals surface area contributed by atoms with Crippen LogP contribution in [0.2, 0.25) is 0 Å². The fourth-order valence-electron chi connectivity index (χ4n) is 3.08. The van der Waals surface area contributed by atoms with Crippen LogP contribution in [0.3, 0.4) is 0 Å². The number of phenols is 1. The van der Waals surface area contributed by atoms with E-state index in [1.807, 2.05) is 0 Å². The molecule has 0 aromatic heterocycles. The van der Waals surface area contributed by atoms with Crippen LogP contribution >= 0.6 is 0 Å². The number of aliphatic carboxylic acids is 2. The van der Waals surface area contributed by atoms with Crippen LogP contribution < -0.4 is 15.0 Å². The molecule has 1 aliphatic rings. The van der Waals surface area contributed by atoms with E-state index in [9.17, 15) is 24.6 Å². The number of carbonyl (C=O) groups is 3. The van der Waals surface area contributed by atoms with Crippen molar-refractivity contribution in [2.75, 3.05) is 23.3 Å². The Hall–Kier alpha value is -3.75. The van der Waals surface area contributed by atoms with Gasteiger partial charge < -0.3 is 30.3 Å². The van der Waals surface area contributed by atoms with E-state index in [1.54, 1.807) is 23.1 Å². The minimum Gasteiger partial charge on any atom is -0.508 e. The molecule has 152 valence electrons. The second kappa shape index (κ2) is 8.51. The Balaban J connectivity index is 1.88. The maximum Gasteiger partial charge on any atom is 0.346 e. The number of anilines is 2. The van der Waals surface area contributed by atoms with Crippen molar-refractivity contribution in [3.05, 3.63) is 48.0 Å². The van der Waals surface area contributed by atoms with Crippen molar-refractivity contribution in [1.29, 1.82) is 0 Å². The number of ether oxygens (including phenoxy) is 1. The van der Waals surface area contributed by atoms with Gasteiger partial charge >= 0.3 is 11.9 Å². The zero-order valence-electron chi connectivity index (χ0n) is 15.4. The predicted molar refractivity (Wildman–Crippen MR) is 104 cm³/mol. The van der Waals surface area contributed by atoms with Gasteiger partial charge in [-0.15, -0.1) is 0 Å². The zero-order valence-corrected chi connectivity index (χ0v) is 15.4. The molecule has 1 atom stereocenters. The Kier molecular flexibility index (Phi) is 5.87. The Morgan fingerprint density at radius 1 is 1.14 bits per heavy atom. The molecule has 0 aliphatic carbocycles. The molecule has 3 rings (SSSR count). The van der Waals surface area contributed by atoms with E-state index in [-0.39, 0.29) is 35.7 Å². The number of fused-ring (bicyclic) bond motifs is 1. The summed E-state index contributed by atoms with van der Waals surface area (Å²) in [6.45, 7) is 0.391. The Bertz CT molecular complexity index is 944. The number of hydrogen-bond donors (Lipinski definition) is 4. The van der Waals surface area contributed by atoms with Gasteiger partial charge in [-0.05, 0) is 36.8 Å². The van der Waals surface area contributed by atoms with E-state index in [2.05, 4.69) is 5.32 Å². The van der Waals surface area contributed by atoms with Gasteiger partial charge in [0.15, 0.2) is 5.75 Å². The van der Waals surface area contributed by atoms with E-state index in [0.29, 0.717) is 18.7 Å². The van der Waals surface area contributed by atoms with Gasteiger partial charge in [-0.25, -0.2) is 4.79 Å². The van der Waals surface area contributed by atoms with Gasteiger partial charge in [0, 0.05) is 18.5 Å². The van der Waals surface area contributed by atoms with Crippen LogP contribution in [0.4, 0.5) is 11.4 Å². The number of nitrogens with zero attached hydrogens (tertiary/aromatic N) is 1. The number of aromatic hydroxyl groups is 1. The van der Waals surface area contributed by atoms with Crippen molar-refractivity contribution < 1.29 is 34.4 Å². The highest BCUT2D eigenvalue weighted by atomic mass is 16.5. The summed E-state index contributed by atoms with van der Waals surface area (Å²) in [6.07, 6.45) is -0.870. The average Bonchev–Trinajstić information content (AvgIpc) is 2.67. The first-order valence-electron chi connectivity index (χ1n) is 8.94. The highest BCUT2D eigenvalue weighted by Gasteiger charge is 2.32. The van der Waals surface area contributed by atoms with Crippen LogP contribution in [0.1, 0.15) is 23.2 Å². The summed E-state index contributed by atoms with van der Waals surface area (Å²) in [4.78, 5) is 36.6. The third kappa shape index (κ3) is 4.75. The molecule has 2 aromatic rings. The van der Waals surface area contributed by atoms with Crippen molar-refractivity contribution in [3.8, 4) is 11.5 Å². The van der Waals surface area contributed by atoms with E-state index in [0.717, 1.165) is 0 Å². The second-order valence-corrected chi connectivity index (χ2v) is 6.55. The number of carbonyl (C=O) groups excluding carboxylic acids is 1. The van der Waals surface area contributed by atoms with Crippen LogP contribution in [0.25, 0.3) is 0 Å². The van der Waals surface area contributed by atoms with Crippen molar-refractivity contribution >= 4 is 29.2 Å². The molecule has 1 unspecified atom stereocenters. The second-order valence-electron chi connectivity index (χ2n) is 6.55. The first-order valence-corrected chi connectivity index (χ1v) is 8.94. The maximum atomic E-state index is 12.5. The number of carboxylic acid groups (broad SMARTS) is 2. The standard InChI is InChI=1S/C20H20N2O7/c23-13-5-1-4-12(10-13)19(26)21-14-6-2-7-15-18(14)29-16(20(27)28)11-22(15)9-3-8-17(24)25/h1-2,4-7,10,16,23H,3,8-9,11H2,(H,21,26)(H,24,25)(H,27,28). The number of carboxylic acids is 2. The van der Waals surface area contributed by atoms with Gasteiger partial charge in [0.25, 0.3) is 5.91 Å². The van der Waals surface area contributed by atoms with Gasteiger partial charge in [0.1, 0.15) is 5.75 Å². The number of rotatable bonds is 7. The number of benzene rings is 2. The quantitative estimate of drug-likeness (QED) is 0.555. The molecule has 0 radical (unpaired) electrons. The Morgan fingerprint density at radius 2 is 1.90 bits per heavy atom. The van der Waals surface area contributed by atoms with Gasteiger partial charge in [0.2, 0.25) is 6.10 Å². The molecule has 0 saturated carbocycles. The first-order chi connectivity index (χ1) is 13.8. The minimum atomic E-state index is -1.16. The third-order valence-electron chi connectivity index (χ3n) is 4.43. The van der Waals surface area contributed by atoms with Crippen molar-refractivity contribution in [3.63, 3.8) is 0 Å². The molecule has 0 spiro atoms. The van der Waals surface area contributed by atoms with Crippen molar-refractivity contribution in [2.24, 2.45) is 0 Å². The Morgan fingerprint density at radius 3 is 2.59 bits per heavy atom. The summed E-state index contributed by atoms with van der Waals surface area (Å²) in [6, 6.07) is 10.8. The molecule has 0 fully saturated rings. The molecular weight excluding hydrogens is 380 g/mol. The lowest BCUT2D eigenvalue weighted by Crippen LogP contribution is -2.45. The SMILES string of the molecule is O=C(O)CCCN1CC(C(=O)O)Oc2c(NC(=O)c3cccc(O)c3)cccc21. The molecule has 9 heteroatoms. The smallest absolute Gasteiger partial charge is 0.346 e. The summed E-state index contributed by atoms with van der Waals surface area (Å²) >= 11 is 0. The first kappa shape index (κ1) is 20.0. The van der Waals surface area contributed by atoms with Gasteiger partial charge in [-0.2, -0.15) is 0 Å². The summed E-state index contributed by atoms with van der Waals surface area (Å²) in [5, 5.41) is 30.5. The van der Waals surface area contributed by atoms with Crippen LogP contribution in [-0.4, -0.2) is 52.4 Å². The number of hydrogen-bond acceptors (Lipinski definition) is 6. The van der Waals surface area contributed by atoms with Crippen LogP contribution in [0.5, 0.6) is 11.5 Å². The lowest BCUT2D eigenvalue weighted by molar-refractivity contribution is -0.145. The van der Waals surface area contributed by atoms with E-state index in [1.165, 1.54) is 24.3 Å².